The van der Waals surface area contributed by atoms with Crippen LogP contribution in [-0.4, -0.2) is 37.5 Å². The van der Waals surface area contributed by atoms with Crippen LogP contribution in [0.4, 0.5) is 5.69 Å². The Morgan fingerprint density at radius 2 is 1.92 bits per heavy atom. The van der Waals surface area contributed by atoms with Crippen molar-refractivity contribution in [1.29, 1.82) is 5.26 Å². The Kier molecular flexibility index (Phi) is 6.16. The third kappa shape index (κ3) is 5.30. The van der Waals surface area contributed by atoms with Gasteiger partial charge in [0.15, 0.2) is 13.1 Å². The number of carbonyl (C=O) groups is 2. The number of nitrogens with zero attached hydrogens (tertiary/aromatic N) is 1. The molecule has 134 valence electrons. The number of likely N-dealkylation sites (N-methyl/N-ethyl adjacent to an activating group) is 1. The number of carbonyl (C=O) groups excluding carboxylic acids is 2. The Morgan fingerprint density at radius 3 is 2.52 bits per heavy atom. The molecule has 1 saturated carbocycles. The van der Waals surface area contributed by atoms with Gasteiger partial charge in [0.2, 0.25) is 0 Å². The zero-order valence-electron chi connectivity index (χ0n) is 15.2. The summed E-state index contributed by atoms with van der Waals surface area (Å²) < 4.78 is 0. The van der Waals surface area contributed by atoms with Gasteiger partial charge in [0.1, 0.15) is 5.54 Å². The lowest BCUT2D eigenvalue weighted by Gasteiger charge is -2.23. The number of rotatable bonds is 8. The SMILES string of the molecule is CCc1ccccc1NC(=O)C[NH+](C)CC(=O)N[C@@](C)(C#N)C1CC1. The van der Waals surface area contributed by atoms with Crippen LogP contribution in [-0.2, 0) is 16.0 Å². The number of benzene rings is 1. The lowest BCUT2D eigenvalue weighted by Crippen LogP contribution is -3.11. The topological polar surface area (TPSA) is 86.4 Å². The fourth-order valence-corrected chi connectivity index (χ4v) is 2.97. The molecule has 3 N–H and O–H groups in total. The summed E-state index contributed by atoms with van der Waals surface area (Å²) >= 11 is 0. The molecule has 1 aliphatic rings. The first-order valence-corrected chi connectivity index (χ1v) is 8.79. The molecule has 0 spiro atoms. The van der Waals surface area contributed by atoms with Gasteiger partial charge in [0.05, 0.1) is 13.1 Å². The third-order valence-electron chi connectivity index (χ3n) is 4.62. The molecule has 0 saturated heterocycles. The molecule has 2 rings (SSSR count). The molecule has 2 amide bonds. The Morgan fingerprint density at radius 1 is 1.28 bits per heavy atom. The number of hydrogen-bond donors (Lipinski definition) is 3. The molecule has 0 heterocycles. The summed E-state index contributed by atoms with van der Waals surface area (Å²) in [5.41, 5.74) is 1.11. The van der Waals surface area contributed by atoms with Crippen LogP contribution in [0.15, 0.2) is 24.3 Å². The van der Waals surface area contributed by atoms with Crippen molar-refractivity contribution < 1.29 is 14.5 Å². The van der Waals surface area contributed by atoms with E-state index in [1.807, 2.05) is 31.2 Å². The minimum Gasteiger partial charge on any atom is -0.333 e. The van der Waals surface area contributed by atoms with Gasteiger partial charge in [-0.25, -0.2) is 0 Å². The third-order valence-corrected chi connectivity index (χ3v) is 4.62. The second-order valence-corrected chi connectivity index (χ2v) is 7.01. The van der Waals surface area contributed by atoms with Crippen molar-refractivity contribution in [2.24, 2.45) is 5.92 Å². The second-order valence-electron chi connectivity index (χ2n) is 7.01. The lowest BCUT2D eigenvalue weighted by atomic mass is 9.98. The van der Waals surface area contributed by atoms with Gasteiger partial charge in [-0.3, -0.25) is 9.59 Å². The molecule has 0 aromatic heterocycles. The van der Waals surface area contributed by atoms with E-state index in [-0.39, 0.29) is 30.8 Å². The van der Waals surface area contributed by atoms with E-state index in [4.69, 9.17) is 0 Å². The maximum absolute atomic E-state index is 12.2. The van der Waals surface area contributed by atoms with Crippen LogP contribution in [0, 0.1) is 17.2 Å². The standard InChI is InChI=1S/C19H26N4O2/c1-4-14-7-5-6-8-16(14)21-17(24)11-23(3)12-18(25)22-19(2,13-20)15-9-10-15/h5-8,15H,4,9-12H2,1-3H3,(H,21,24)(H,22,25)/p+1/t19-/m0/s1. The van der Waals surface area contributed by atoms with Gasteiger partial charge < -0.3 is 15.5 Å². The molecule has 25 heavy (non-hydrogen) atoms. The maximum atomic E-state index is 12.2. The van der Waals surface area contributed by atoms with Crippen LogP contribution in [0.25, 0.3) is 0 Å². The predicted octanol–water partition coefficient (Wildman–Crippen LogP) is 0.511. The van der Waals surface area contributed by atoms with Crippen molar-refractivity contribution in [2.75, 3.05) is 25.5 Å². The normalized spacial score (nSPS) is 17.0. The highest BCUT2D eigenvalue weighted by atomic mass is 16.2. The number of anilines is 1. The fraction of sp³-hybridized carbons (Fsp3) is 0.526. The summed E-state index contributed by atoms with van der Waals surface area (Å²) in [5, 5.41) is 15.0. The molecular weight excluding hydrogens is 316 g/mol. The first-order valence-electron chi connectivity index (χ1n) is 8.79. The van der Waals surface area contributed by atoms with Crippen molar-refractivity contribution in [1.82, 2.24) is 5.32 Å². The summed E-state index contributed by atoms with van der Waals surface area (Å²) in [7, 11) is 1.80. The molecule has 1 aromatic carbocycles. The Hall–Kier alpha value is -2.39. The Balaban J connectivity index is 1.83. The van der Waals surface area contributed by atoms with E-state index in [0.29, 0.717) is 0 Å². The van der Waals surface area contributed by atoms with E-state index >= 15 is 0 Å². The Labute approximate surface area is 149 Å². The number of amides is 2. The van der Waals surface area contributed by atoms with E-state index in [2.05, 4.69) is 16.7 Å². The smallest absolute Gasteiger partial charge is 0.279 e. The van der Waals surface area contributed by atoms with Gasteiger partial charge in [-0.1, -0.05) is 25.1 Å². The zero-order valence-corrected chi connectivity index (χ0v) is 15.2. The number of aryl methyl sites for hydroxylation is 1. The van der Waals surface area contributed by atoms with E-state index in [1.165, 1.54) is 0 Å². The lowest BCUT2D eigenvalue weighted by molar-refractivity contribution is -0.862. The van der Waals surface area contributed by atoms with Gasteiger partial charge in [0, 0.05) is 5.69 Å². The molecule has 0 aliphatic heterocycles. The minimum absolute atomic E-state index is 0.128. The van der Waals surface area contributed by atoms with Crippen LogP contribution < -0.4 is 15.5 Å². The van der Waals surface area contributed by atoms with E-state index in [0.717, 1.165) is 35.4 Å². The van der Waals surface area contributed by atoms with Crippen LogP contribution in [0.5, 0.6) is 0 Å². The van der Waals surface area contributed by atoms with Crippen molar-refractivity contribution in [2.45, 2.75) is 38.6 Å². The van der Waals surface area contributed by atoms with Crippen LogP contribution >= 0.6 is 0 Å². The average molecular weight is 343 g/mol. The van der Waals surface area contributed by atoms with Crippen molar-refractivity contribution in [3.63, 3.8) is 0 Å². The number of para-hydroxylation sites is 1. The average Bonchev–Trinajstić information content (AvgIpc) is 3.40. The number of nitriles is 1. The Bertz CT molecular complexity index is 678. The van der Waals surface area contributed by atoms with E-state index in [9.17, 15) is 14.9 Å². The molecular formula is C19H27N4O2+. The quantitative estimate of drug-likeness (QED) is 0.643. The minimum atomic E-state index is -0.792. The van der Waals surface area contributed by atoms with Crippen molar-refractivity contribution >= 4 is 17.5 Å². The van der Waals surface area contributed by atoms with Gasteiger partial charge >= 0.3 is 0 Å². The molecule has 1 fully saturated rings. The fourth-order valence-electron chi connectivity index (χ4n) is 2.97. The first kappa shape index (κ1) is 18.9. The van der Waals surface area contributed by atoms with Gasteiger partial charge in [-0.05, 0) is 43.7 Å². The molecule has 0 bridgehead atoms. The summed E-state index contributed by atoms with van der Waals surface area (Å²) in [6.07, 6.45) is 2.80. The predicted molar refractivity (Wildman–Crippen MR) is 96.0 cm³/mol. The maximum Gasteiger partial charge on any atom is 0.279 e. The van der Waals surface area contributed by atoms with Crippen LogP contribution in [0.3, 0.4) is 0 Å². The van der Waals surface area contributed by atoms with Crippen molar-refractivity contribution in [3.05, 3.63) is 29.8 Å². The molecule has 1 aliphatic carbocycles. The molecule has 6 nitrogen and oxygen atoms in total. The largest absolute Gasteiger partial charge is 0.333 e. The highest BCUT2D eigenvalue weighted by molar-refractivity contribution is 5.92. The van der Waals surface area contributed by atoms with E-state index < -0.39 is 5.54 Å². The molecule has 1 aromatic rings. The summed E-state index contributed by atoms with van der Waals surface area (Å²) in [4.78, 5) is 25.2. The van der Waals surface area contributed by atoms with E-state index in [1.54, 1.807) is 14.0 Å². The van der Waals surface area contributed by atoms with Crippen molar-refractivity contribution in [3.8, 4) is 6.07 Å². The number of nitrogens with one attached hydrogen (secondary N) is 3. The molecule has 6 heteroatoms. The summed E-state index contributed by atoms with van der Waals surface area (Å²) in [6.45, 7) is 4.16. The van der Waals surface area contributed by atoms with Crippen LogP contribution in [0.1, 0.15) is 32.3 Å². The summed E-state index contributed by atoms with van der Waals surface area (Å²) in [5.74, 6) is -0.0813. The van der Waals surface area contributed by atoms with Gasteiger partial charge in [-0.2, -0.15) is 5.26 Å². The molecule has 1 unspecified atom stereocenters. The first-order chi connectivity index (χ1) is 11.9. The highest BCUT2D eigenvalue weighted by Gasteiger charge is 2.43. The van der Waals surface area contributed by atoms with Crippen LogP contribution in [0.2, 0.25) is 0 Å². The summed E-state index contributed by atoms with van der Waals surface area (Å²) in [6, 6.07) is 9.91. The highest BCUT2D eigenvalue weighted by Crippen LogP contribution is 2.39. The van der Waals surface area contributed by atoms with Gasteiger partial charge in [0.25, 0.3) is 11.8 Å². The number of quaternary nitrogens is 1. The second kappa shape index (κ2) is 8.13. The number of hydrogen-bond acceptors (Lipinski definition) is 3. The monoisotopic (exact) mass is 343 g/mol. The molecule has 0 radical (unpaired) electrons. The zero-order chi connectivity index (χ0) is 18.4. The molecule has 2 atom stereocenters. The van der Waals surface area contributed by atoms with Gasteiger partial charge in [-0.15, -0.1) is 0 Å².